The van der Waals surface area contributed by atoms with Crippen LogP contribution in [-0.4, -0.2) is 41.3 Å². The molecule has 0 aliphatic heterocycles. The molecule has 0 aliphatic carbocycles. The molecule has 0 unspecified atom stereocenters. The second-order valence-electron chi connectivity index (χ2n) is 6.38. The lowest BCUT2D eigenvalue weighted by molar-refractivity contribution is -0.142. The van der Waals surface area contributed by atoms with Crippen LogP contribution >= 0.6 is 0 Å². The van der Waals surface area contributed by atoms with E-state index in [-0.39, 0.29) is 6.42 Å². The van der Waals surface area contributed by atoms with Crippen molar-refractivity contribution in [2.24, 2.45) is 0 Å². The van der Waals surface area contributed by atoms with Gasteiger partial charge in [0.2, 0.25) is 0 Å². The number of methoxy groups -OCH3 is 1. The van der Waals surface area contributed by atoms with Crippen LogP contribution in [0.5, 0.6) is 5.75 Å². The smallest absolute Gasteiger partial charge is 0.321 e. The Hall–Kier alpha value is -3.12. The zero-order valence-corrected chi connectivity index (χ0v) is 15.7. The molecule has 148 valence electrons. The minimum Gasteiger partial charge on any atom is -0.497 e. The number of ether oxygens (including phenoxy) is 1. The molecule has 0 fully saturated rings. The van der Waals surface area contributed by atoms with E-state index in [4.69, 9.17) is 4.74 Å². The predicted octanol–water partition coefficient (Wildman–Crippen LogP) is 3.23. The zero-order chi connectivity index (χ0) is 20.4. The number of carbonyl (C=O) groups is 2. The van der Waals surface area contributed by atoms with E-state index < -0.39 is 24.0 Å². The number of aliphatic carboxylic acids is 2. The summed E-state index contributed by atoms with van der Waals surface area (Å²) in [6.45, 7) is 0. The number of carboxylic acid groups (broad SMARTS) is 2. The monoisotopic (exact) mass is 383 g/mol. The first kappa shape index (κ1) is 21.2. The fourth-order valence-corrected chi connectivity index (χ4v) is 2.77. The second-order valence-corrected chi connectivity index (χ2v) is 6.38. The molecule has 0 bridgehead atoms. The molecule has 6 heteroatoms. The van der Waals surface area contributed by atoms with E-state index in [1.165, 1.54) is 0 Å². The first-order valence-corrected chi connectivity index (χ1v) is 9.05. The Balaban J connectivity index is 1.95. The van der Waals surface area contributed by atoms with Crippen molar-refractivity contribution in [1.29, 1.82) is 0 Å². The molecule has 2 atom stereocenters. The molecule has 0 saturated heterocycles. The van der Waals surface area contributed by atoms with E-state index in [1.54, 1.807) is 19.3 Å². The molecule has 2 aromatic rings. The Bertz CT molecular complexity index is 786. The lowest BCUT2D eigenvalue weighted by Crippen LogP contribution is -2.47. The Morgan fingerprint density at radius 1 is 1.00 bits per heavy atom. The molecular weight excluding hydrogens is 358 g/mol. The van der Waals surface area contributed by atoms with Gasteiger partial charge in [0.1, 0.15) is 17.8 Å². The van der Waals surface area contributed by atoms with Crippen molar-refractivity contribution in [2.45, 2.75) is 31.3 Å². The van der Waals surface area contributed by atoms with E-state index >= 15 is 0 Å². The van der Waals surface area contributed by atoms with Gasteiger partial charge in [-0.15, -0.1) is 0 Å². The number of carboxylic acids is 2. The van der Waals surface area contributed by atoms with Crippen LogP contribution in [0.25, 0.3) is 6.08 Å². The Morgan fingerprint density at radius 2 is 1.64 bits per heavy atom. The summed E-state index contributed by atoms with van der Waals surface area (Å²) in [6, 6.07) is 15.0. The first-order valence-electron chi connectivity index (χ1n) is 9.05. The van der Waals surface area contributed by atoms with Gasteiger partial charge in [0.25, 0.3) is 0 Å². The lowest BCUT2D eigenvalue weighted by Gasteiger charge is -2.19. The van der Waals surface area contributed by atoms with Crippen LogP contribution in [0.15, 0.2) is 60.7 Å². The number of aryl methyl sites for hydroxylation is 1. The number of benzene rings is 2. The van der Waals surface area contributed by atoms with Gasteiger partial charge in [-0.3, -0.25) is 14.9 Å². The topological polar surface area (TPSA) is 95.9 Å². The van der Waals surface area contributed by atoms with Crippen molar-refractivity contribution < 1.29 is 24.5 Å². The van der Waals surface area contributed by atoms with Gasteiger partial charge < -0.3 is 14.9 Å². The third-order valence-corrected chi connectivity index (χ3v) is 4.36. The molecule has 0 heterocycles. The summed E-state index contributed by atoms with van der Waals surface area (Å²) in [7, 11) is 1.59. The summed E-state index contributed by atoms with van der Waals surface area (Å²) < 4.78 is 5.10. The van der Waals surface area contributed by atoms with E-state index in [9.17, 15) is 19.8 Å². The summed E-state index contributed by atoms with van der Waals surface area (Å²) in [6.07, 6.45) is 4.57. The standard InChI is InChI=1S/C22H25NO5/c1-28-18-13-10-17(11-14-18)8-5-9-19(21(24)25)23-20(22(26)27)15-12-16-6-3-2-4-7-16/h2-8,10-11,13-14,19-20,23H,9,12,15H2,1H3,(H,24,25)(H,26,27)/t19-,20-/m0/s1. The second kappa shape index (κ2) is 10.9. The lowest BCUT2D eigenvalue weighted by atomic mass is 10.0. The van der Waals surface area contributed by atoms with Crippen LogP contribution < -0.4 is 10.1 Å². The first-order chi connectivity index (χ1) is 13.5. The van der Waals surface area contributed by atoms with Gasteiger partial charge >= 0.3 is 11.9 Å². The van der Waals surface area contributed by atoms with Crippen LogP contribution in [0.4, 0.5) is 0 Å². The summed E-state index contributed by atoms with van der Waals surface area (Å²) in [5.74, 6) is -1.39. The maximum atomic E-state index is 11.6. The van der Waals surface area contributed by atoms with Crippen molar-refractivity contribution in [3.63, 3.8) is 0 Å². The zero-order valence-electron chi connectivity index (χ0n) is 15.7. The summed E-state index contributed by atoms with van der Waals surface area (Å²) in [5.41, 5.74) is 1.92. The van der Waals surface area contributed by atoms with Crippen LogP contribution in [0.3, 0.4) is 0 Å². The molecule has 28 heavy (non-hydrogen) atoms. The Labute approximate surface area is 164 Å². The minimum atomic E-state index is -1.08. The van der Waals surface area contributed by atoms with Gasteiger partial charge in [-0.1, -0.05) is 54.6 Å². The van der Waals surface area contributed by atoms with Crippen molar-refractivity contribution >= 4 is 18.0 Å². The summed E-state index contributed by atoms with van der Waals surface area (Å²) in [4.78, 5) is 23.1. The molecule has 0 spiro atoms. The molecule has 0 radical (unpaired) electrons. The maximum absolute atomic E-state index is 11.6. The highest BCUT2D eigenvalue weighted by atomic mass is 16.5. The fourth-order valence-electron chi connectivity index (χ4n) is 2.77. The number of rotatable bonds is 11. The number of hydrogen-bond donors (Lipinski definition) is 3. The molecule has 2 rings (SSSR count). The predicted molar refractivity (Wildman–Crippen MR) is 107 cm³/mol. The largest absolute Gasteiger partial charge is 0.497 e. The molecule has 0 aromatic heterocycles. The van der Waals surface area contributed by atoms with E-state index in [0.717, 1.165) is 16.9 Å². The van der Waals surface area contributed by atoms with Crippen LogP contribution in [0, 0.1) is 0 Å². The SMILES string of the molecule is COc1ccc(C=CC[C@H](N[C@@H](CCc2ccccc2)C(=O)O)C(=O)O)cc1. The third-order valence-electron chi connectivity index (χ3n) is 4.36. The highest BCUT2D eigenvalue weighted by Crippen LogP contribution is 2.13. The number of hydrogen-bond acceptors (Lipinski definition) is 4. The van der Waals surface area contributed by atoms with Gasteiger partial charge in [0.15, 0.2) is 0 Å². The summed E-state index contributed by atoms with van der Waals surface area (Å²) >= 11 is 0. The van der Waals surface area contributed by atoms with Crippen molar-refractivity contribution in [3.05, 3.63) is 71.8 Å². The van der Waals surface area contributed by atoms with Crippen LogP contribution in [0.2, 0.25) is 0 Å². The van der Waals surface area contributed by atoms with Crippen LogP contribution in [0.1, 0.15) is 24.0 Å². The normalized spacial score (nSPS) is 13.2. The highest BCUT2D eigenvalue weighted by Gasteiger charge is 2.24. The van der Waals surface area contributed by atoms with E-state index in [2.05, 4.69) is 5.32 Å². The maximum Gasteiger partial charge on any atom is 0.321 e. The quantitative estimate of drug-likeness (QED) is 0.551. The average Bonchev–Trinajstić information content (AvgIpc) is 2.70. The minimum absolute atomic E-state index is 0.177. The van der Waals surface area contributed by atoms with Crippen LogP contribution in [-0.2, 0) is 16.0 Å². The number of nitrogens with one attached hydrogen (secondary N) is 1. The van der Waals surface area contributed by atoms with Gasteiger partial charge in [-0.2, -0.15) is 0 Å². The molecule has 2 aromatic carbocycles. The third kappa shape index (κ3) is 6.89. The molecule has 6 nitrogen and oxygen atoms in total. The van der Waals surface area contributed by atoms with Crippen molar-refractivity contribution in [3.8, 4) is 5.75 Å². The van der Waals surface area contributed by atoms with Gasteiger partial charge in [0, 0.05) is 0 Å². The summed E-state index contributed by atoms with van der Waals surface area (Å²) in [5, 5.41) is 21.7. The molecule has 3 N–H and O–H groups in total. The van der Waals surface area contributed by atoms with Crippen molar-refractivity contribution in [2.75, 3.05) is 7.11 Å². The Morgan fingerprint density at radius 3 is 2.21 bits per heavy atom. The fraction of sp³-hybridized carbons (Fsp3) is 0.273. The van der Waals surface area contributed by atoms with Gasteiger partial charge in [-0.05, 0) is 42.5 Å². The van der Waals surface area contributed by atoms with E-state index in [0.29, 0.717) is 12.8 Å². The molecule has 0 aliphatic rings. The highest BCUT2D eigenvalue weighted by molar-refractivity contribution is 5.77. The van der Waals surface area contributed by atoms with Crippen molar-refractivity contribution in [1.82, 2.24) is 5.32 Å². The molecule has 0 saturated carbocycles. The molecular formula is C22H25NO5. The Kier molecular flexibility index (Phi) is 8.24. The molecule has 0 amide bonds. The van der Waals surface area contributed by atoms with Gasteiger partial charge in [-0.25, -0.2) is 0 Å². The van der Waals surface area contributed by atoms with Gasteiger partial charge in [0.05, 0.1) is 7.11 Å². The van der Waals surface area contributed by atoms with E-state index in [1.807, 2.05) is 54.6 Å². The average molecular weight is 383 g/mol.